The van der Waals surface area contributed by atoms with E-state index in [1.807, 2.05) is 5.38 Å². The fourth-order valence-electron chi connectivity index (χ4n) is 2.48. The fraction of sp³-hybridized carbons (Fsp3) is 0.714. The largest absolute Gasteiger partial charge is 0.350 e. The van der Waals surface area contributed by atoms with Crippen LogP contribution in [0.3, 0.4) is 0 Å². The van der Waals surface area contributed by atoms with Crippen LogP contribution in [0.5, 0.6) is 0 Å². The molecule has 0 radical (unpaired) electrons. The Morgan fingerprint density at radius 3 is 3.10 bits per heavy atom. The number of nitrogens with zero attached hydrogens (tertiary/aromatic N) is 2. The Labute approximate surface area is 124 Å². The molecule has 5 nitrogen and oxygen atoms in total. The van der Waals surface area contributed by atoms with Crippen LogP contribution in [-0.2, 0) is 6.42 Å². The summed E-state index contributed by atoms with van der Waals surface area (Å²) in [5.41, 5.74) is 6.01. The van der Waals surface area contributed by atoms with Crippen LogP contribution >= 0.6 is 11.3 Å². The van der Waals surface area contributed by atoms with E-state index in [0.29, 0.717) is 24.2 Å². The quantitative estimate of drug-likeness (QED) is 0.825. The molecule has 0 spiro atoms. The molecule has 2 rings (SSSR count). The summed E-state index contributed by atoms with van der Waals surface area (Å²) in [5, 5.41) is 5.75. The molecule has 1 saturated heterocycles. The molecule has 0 aliphatic carbocycles. The monoisotopic (exact) mass is 296 g/mol. The molecule has 0 aromatic carbocycles. The molecule has 2 heterocycles. The first-order chi connectivity index (χ1) is 9.60. The van der Waals surface area contributed by atoms with Gasteiger partial charge in [0.2, 0.25) is 0 Å². The van der Waals surface area contributed by atoms with Crippen LogP contribution in [0.15, 0.2) is 5.38 Å². The third-order valence-corrected chi connectivity index (χ3v) is 4.65. The second-order valence-corrected chi connectivity index (χ2v) is 6.56. The number of carbonyl (C=O) groups is 1. The SMILES string of the molecule is CC(C)N1CCC(CNC(=O)c2csc(CCN)n2)C1. The van der Waals surface area contributed by atoms with Gasteiger partial charge in [0.1, 0.15) is 5.69 Å². The highest BCUT2D eigenvalue weighted by atomic mass is 32.1. The summed E-state index contributed by atoms with van der Waals surface area (Å²) in [5.74, 6) is 0.496. The van der Waals surface area contributed by atoms with Crippen molar-refractivity contribution in [1.82, 2.24) is 15.2 Å². The van der Waals surface area contributed by atoms with Crippen molar-refractivity contribution in [3.05, 3.63) is 16.1 Å². The highest BCUT2D eigenvalue weighted by molar-refractivity contribution is 7.09. The zero-order valence-electron chi connectivity index (χ0n) is 12.3. The zero-order chi connectivity index (χ0) is 14.5. The Balaban J connectivity index is 1.77. The molecule has 112 valence electrons. The third kappa shape index (κ3) is 4.01. The maximum Gasteiger partial charge on any atom is 0.270 e. The van der Waals surface area contributed by atoms with Gasteiger partial charge in [-0.2, -0.15) is 0 Å². The van der Waals surface area contributed by atoms with E-state index in [4.69, 9.17) is 5.73 Å². The van der Waals surface area contributed by atoms with Gasteiger partial charge in [-0.25, -0.2) is 4.98 Å². The van der Waals surface area contributed by atoms with Crippen LogP contribution in [0.25, 0.3) is 0 Å². The van der Waals surface area contributed by atoms with Crippen LogP contribution in [0.4, 0.5) is 0 Å². The van der Waals surface area contributed by atoms with E-state index in [1.54, 1.807) is 0 Å². The standard InChI is InChI=1S/C14H24N4OS/c1-10(2)18-6-4-11(8-18)7-16-14(19)12-9-20-13(17-12)3-5-15/h9-11H,3-8,15H2,1-2H3,(H,16,19). The van der Waals surface area contributed by atoms with Gasteiger partial charge in [0, 0.05) is 30.9 Å². The Hall–Kier alpha value is -0.980. The smallest absolute Gasteiger partial charge is 0.270 e. The molecular formula is C14H24N4OS. The van der Waals surface area contributed by atoms with Crippen LogP contribution < -0.4 is 11.1 Å². The lowest BCUT2D eigenvalue weighted by molar-refractivity contribution is 0.0942. The van der Waals surface area contributed by atoms with Crippen molar-refractivity contribution >= 4 is 17.2 Å². The normalized spacial score (nSPS) is 19.7. The van der Waals surface area contributed by atoms with Crippen LogP contribution in [-0.4, -0.2) is 48.0 Å². The predicted octanol–water partition coefficient (Wildman–Crippen LogP) is 1.10. The van der Waals surface area contributed by atoms with Gasteiger partial charge in [-0.15, -0.1) is 11.3 Å². The van der Waals surface area contributed by atoms with E-state index < -0.39 is 0 Å². The molecule has 1 aliphatic rings. The summed E-state index contributed by atoms with van der Waals surface area (Å²) >= 11 is 1.50. The highest BCUT2D eigenvalue weighted by Gasteiger charge is 2.24. The summed E-state index contributed by atoms with van der Waals surface area (Å²) in [6.45, 7) is 7.96. The number of aromatic nitrogens is 1. The van der Waals surface area contributed by atoms with Crippen LogP contribution in [0.1, 0.15) is 35.8 Å². The first-order valence-corrected chi connectivity index (χ1v) is 8.14. The number of nitrogens with one attached hydrogen (secondary N) is 1. The molecule has 1 fully saturated rings. The highest BCUT2D eigenvalue weighted by Crippen LogP contribution is 2.18. The van der Waals surface area contributed by atoms with E-state index >= 15 is 0 Å². The maximum atomic E-state index is 12.0. The Bertz CT molecular complexity index is 446. The van der Waals surface area contributed by atoms with Crippen molar-refractivity contribution < 1.29 is 4.79 Å². The lowest BCUT2D eigenvalue weighted by Gasteiger charge is -2.20. The van der Waals surface area contributed by atoms with Gasteiger partial charge >= 0.3 is 0 Å². The molecule has 0 bridgehead atoms. The third-order valence-electron chi connectivity index (χ3n) is 3.74. The van der Waals surface area contributed by atoms with Gasteiger partial charge in [0.25, 0.3) is 5.91 Å². The van der Waals surface area contributed by atoms with E-state index in [0.717, 1.165) is 37.5 Å². The molecule has 1 unspecified atom stereocenters. The van der Waals surface area contributed by atoms with Gasteiger partial charge in [0.05, 0.1) is 5.01 Å². The molecule has 1 amide bonds. The molecule has 1 aromatic heterocycles. The second-order valence-electron chi connectivity index (χ2n) is 5.62. The number of amides is 1. The minimum atomic E-state index is -0.0625. The molecular weight excluding hydrogens is 272 g/mol. The van der Waals surface area contributed by atoms with Crippen molar-refractivity contribution in [2.24, 2.45) is 11.7 Å². The predicted molar refractivity (Wildman–Crippen MR) is 82.0 cm³/mol. The van der Waals surface area contributed by atoms with Crippen LogP contribution in [0, 0.1) is 5.92 Å². The number of carbonyl (C=O) groups excluding carboxylic acids is 1. The van der Waals surface area contributed by atoms with Crippen molar-refractivity contribution in [1.29, 1.82) is 0 Å². The second kappa shape index (κ2) is 7.15. The summed E-state index contributed by atoms with van der Waals surface area (Å²) < 4.78 is 0. The first-order valence-electron chi connectivity index (χ1n) is 7.27. The summed E-state index contributed by atoms with van der Waals surface area (Å²) in [6, 6.07) is 0.591. The van der Waals surface area contributed by atoms with E-state index in [1.165, 1.54) is 11.3 Å². The summed E-state index contributed by atoms with van der Waals surface area (Å²) in [7, 11) is 0. The average Bonchev–Trinajstić information content (AvgIpc) is 3.05. The summed E-state index contributed by atoms with van der Waals surface area (Å²) in [6.07, 6.45) is 1.90. The molecule has 20 heavy (non-hydrogen) atoms. The lowest BCUT2D eigenvalue weighted by atomic mass is 10.1. The molecule has 6 heteroatoms. The fourth-order valence-corrected chi connectivity index (χ4v) is 3.27. The number of nitrogens with two attached hydrogens (primary N) is 1. The number of likely N-dealkylation sites (tertiary alicyclic amines) is 1. The Morgan fingerprint density at radius 2 is 2.45 bits per heavy atom. The lowest BCUT2D eigenvalue weighted by Crippen LogP contribution is -2.33. The molecule has 0 saturated carbocycles. The maximum absolute atomic E-state index is 12.0. The molecule has 1 aliphatic heterocycles. The minimum Gasteiger partial charge on any atom is -0.350 e. The van der Waals surface area contributed by atoms with Crippen LogP contribution in [0.2, 0.25) is 0 Å². The summed E-state index contributed by atoms with van der Waals surface area (Å²) in [4.78, 5) is 18.8. The van der Waals surface area contributed by atoms with Gasteiger partial charge in [-0.3, -0.25) is 4.79 Å². The van der Waals surface area contributed by atoms with E-state index in [2.05, 4.69) is 29.0 Å². The van der Waals surface area contributed by atoms with Gasteiger partial charge < -0.3 is 16.0 Å². The Morgan fingerprint density at radius 1 is 1.65 bits per heavy atom. The molecule has 1 aromatic rings. The van der Waals surface area contributed by atoms with Gasteiger partial charge in [0.15, 0.2) is 0 Å². The van der Waals surface area contributed by atoms with E-state index in [9.17, 15) is 4.79 Å². The average molecular weight is 296 g/mol. The molecule has 3 N–H and O–H groups in total. The van der Waals surface area contributed by atoms with Crippen molar-refractivity contribution in [3.63, 3.8) is 0 Å². The topological polar surface area (TPSA) is 71.2 Å². The number of rotatable bonds is 6. The van der Waals surface area contributed by atoms with Crippen molar-refractivity contribution in [2.75, 3.05) is 26.2 Å². The number of thiazole rings is 1. The van der Waals surface area contributed by atoms with Crippen molar-refractivity contribution in [3.8, 4) is 0 Å². The number of hydrogen-bond acceptors (Lipinski definition) is 5. The minimum absolute atomic E-state index is 0.0625. The van der Waals surface area contributed by atoms with Crippen molar-refractivity contribution in [2.45, 2.75) is 32.7 Å². The molecule has 1 atom stereocenters. The zero-order valence-corrected chi connectivity index (χ0v) is 13.1. The first kappa shape index (κ1) is 15.4. The number of hydrogen-bond donors (Lipinski definition) is 2. The van der Waals surface area contributed by atoms with Gasteiger partial charge in [-0.05, 0) is 39.3 Å². The Kier molecular flexibility index (Phi) is 5.51. The van der Waals surface area contributed by atoms with Gasteiger partial charge in [-0.1, -0.05) is 0 Å². The van der Waals surface area contributed by atoms with E-state index in [-0.39, 0.29) is 5.91 Å².